The van der Waals surface area contributed by atoms with Gasteiger partial charge in [-0.25, -0.2) is 0 Å². The van der Waals surface area contributed by atoms with E-state index in [4.69, 9.17) is 0 Å². The van der Waals surface area contributed by atoms with Crippen molar-refractivity contribution in [3.63, 3.8) is 0 Å². The van der Waals surface area contributed by atoms with Crippen LogP contribution in [0.3, 0.4) is 0 Å². The highest BCUT2D eigenvalue weighted by Crippen LogP contribution is 2.80. The lowest BCUT2D eigenvalue weighted by molar-refractivity contribution is -0.196. The molecule has 5 aliphatic carbocycles. The van der Waals surface area contributed by atoms with Crippen LogP contribution in [-0.4, -0.2) is 0 Å². The number of benzene rings is 1. The molecule has 0 nitrogen and oxygen atoms in total. The summed E-state index contributed by atoms with van der Waals surface area (Å²) < 4.78 is 0. The average molecular weight is 479 g/mol. The molecule has 1 saturated carbocycles. The molecule has 3 unspecified atom stereocenters. The summed E-state index contributed by atoms with van der Waals surface area (Å²) in [7, 11) is 0. The Morgan fingerprint density at radius 2 is 1.53 bits per heavy atom. The van der Waals surface area contributed by atoms with Crippen molar-refractivity contribution in [2.75, 3.05) is 0 Å². The van der Waals surface area contributed by atoms with Gasteiger partial charge in [-0.05, 0) is 93.4 Å². The number of hydrogen-bond donors (Lipinski definition) is 0. The van der Waals surface area contributed by atoms with Gasteiger partial charge in [0.2, 0.25) is 0 Å². The van der Waals surface area contributed by atoms with Crippen LogP contribution in [0.5, 0.6) is 0 Å². The zero-order valence-electron chi connectivity index (χ0n) is 24.0. The van der Waals surface area contributed by atoms with Gasteiger partial charge in [-0.2, -0.15) is 0 Å². The molecular weight excluding hydrogens is 432 g/mol. The van der Waals surface area contributed by atoms with Crippen LogP contribution < -0.4 is 0 Å². The first-order valence-electron chi connectivity index (χ1n) is 14.5. The summed E-state index contributed by atoms with van der Waals surface area (Å²) in [5.74, 6) is 1.17. The molecule has 190 valence electrons. The van der Waals surface area contributed by atoms with Crippen molar-refractivity contribution in [2.24, 2.45) is 38.9 Å². The van der Waals surface area contributed by atoms with Crippen molar-refractivity contribution < 1.29 is 0 Å². The first-order valence-corrected chi connectivity index (χ1v) is 14.5. The van der Waals surface area contributed by atoms with E-state index in [9.17, 15) is 0 Å². The monoisotopic (exact) mass is 478 g/mol. The largest absolute Gasteiger partial charge is 0.0842 e. The first kappa shape index (κ1) is 24.3. The van der Waals surface area contributed by atoms with E-state index >= 15 is 0 Å². The third-order valence-corrected chi connectivity index (χ3v) is 13.2. The van der Waals surface area contributed by atoms with Gasteiger partial charge < -0.3 is 0 Å². The van der Waals surface area contributed by atoms with Gasteiger partial charge in [-0.15, -0.1) is 0 Å². The van der Waals surface area contributed by atoms with Gasteiger partial charge in [-0.1, -0.05) is 122 Å². The summed E-state index contributed by atoms with van der Waals surface area (Å²) in [6, 6.07) is 9.30. The van der Waals surface area contributed by atoms with Gasteiger partial charge in [0.1, 0.15) is 0 Å². The van der Waals surface area contributed by atoms with Gasteiger partial charge in [0.05, 0.1) is 0 Å². The second kappa shape index (κ2) is 7.49. The molecule has 0 radical (unpaired) electrons. The SMILES string of the molecule is CC1(CCC2C=CC=C2)C2=C3Cc4ccccc4C3=C3C=CCCC3C2(C)C(C)(C)C(C)(C)C1(C)C. The lowest BCUT2D eigenvalue weighted by atomic mass is 9.29. The molecule has 1 aromatic rings. The van der Waals surface area contributed by atoms with Crippen molar-refractivity contribution in [2.45, 2.75) is 87.5 Å². The van der Waals surface area contributed by atoms with Gasteiger partial charge in [-0.3, -0.25) is 0 Å². The van der Waals surface area contributed by atoms with Gasteiger partial charge in [0.15, 0.2) is 0 Å². The molecule has 0 aromatic heterocycles. The Labute approximate surface area is 220 Å². The van der Waals surface area contributed by atoms with E-state index in [1.807, 2.05) is 5.57 Å². The molecule has 36 heavy (non-hydrogen) atoms. The average Bonchev–Trinajstić information content (AvgIpc) is 3.49. The standard InChI is InChI=1S/C36H46/c1-32(2)33(3,4)35(7,22-21-24-15-9-10-16-24)31-28-23-25-17-11-12-18-26(25)30(28)27-19-13-14-20-29(27)36(31,8)34(32,5)6/h9-13,15-19,24,29H,14,20-23H2,1-8H3. The highest BCUT2D eigenvalue weighted by Gasteiger charge is 2.72. The molecule has 0 N–H and O–H groups in total. The molecule has 3 atom stereocenters. The molecule has 5 aliphatic rings. The molecule has 0 saturated heterocycles. The summed E-state index contributed by atoms with van der Waals surface area (Å²) in [6.45, 7) is 21.1. The minimum absolute atomic E-state index is 0.125. The van der Waals surface area contributed by atoms with Crippen LogP contribution in [0.1, 0.15) is 92.2 Å². The molecule has 6 rings (SSSR count). The predicted molar refractivity (Wildman–Crippen MR) is 155 cm³/mol. The number of rotatable bonds is 3. The summed E-state index contributed by atoms with van der Waals surface area (Å²) >= 11 is 0. The Hall–Kier alpha value is -2.08. The smallest absolute Gasteiger partial charge is 0.00208 e. The zero-order valence-corrected chi connectivity index (χ0v) is 24.0. The normalized spacial score (nSPS) is 35.1. The van der Waals surface area contributed by atoms with Crippen molar-refractivity contribution in [1.29, 1.82) is 0 Å². The Kier molecular flexibility index (Phi) is 5.05. The number of allylic oxidation sites excluding steroid dienone is 10. The Bertz CT molecular complexity index is 1260. The van der Waals surface area contributed by atoms with E-state index in [1.165, 1.54) is 36.8 Å². The summed E-state index contributed by atoms with van der Waals surface area (Å²) in [6.07, 6.45) is 20.4. The molecule has 1 fully saturated rings. The fourth-order valence-corrected chi connectivity index (χ4v) is 9.64. The van der Waals surface area contributed by atoms with E-state index in [0.29, 0.717) is 11.8 Å². The second-order valence-electron chi connectivity index (χ2n) is 14.4. The van der Waals surface area contributed by atoms with Gasteiger partial charge in [0, 0.05) is 5.41 Å². The summed E-state index contributed by atoms with van der Waals surface area (Å²) in [4.78, 5) is 0. The third-order valence-electron chi connectivity index (χ3n) is 13.2. The van der Waals surface area contributed by atoms with E-state index in [2.05, 4.69) is 116 Å². The van der Waals surface area contributed by atoms with Crippen LogP contribution in [0.15, 0.2) is 77.4 Å². The Morgan fingerprint density at radius 1 is 0.833 bits per heavy atom. The Morgan fingerprint density at radius 3 is 2.25 bits per heavy atom. The molecule has 0 aliphatic heterocycles. The van der Waals surface area contributed by atoms with Crippen LogP contribution in [0.4, 0.5) is 0 Å². The van der Waals surface area contributed by atoms with Crippen LogP contribution in [0.2, 0.25) is 0 Å². The predicted octanol–water partition coefficient (Wildman–Crippen LogP) is 9.90. The molecule has 0 amide bonds. The highest BCUT2D eigenvalue weighted by atomic mass is 14.8. The van der Waals surface area contributed by atoms with E-state index in [-0.39, 0.29) is 27.1 Å². The maximum absolute atomic E-state index is 2.70. The van der Waals surface area contributed by atoms with Crippen molar-refractivity contribution in [3.05, 3.63) is 88.6 Å². The molecule has 0 bridgehead atoms. The minimum Gasteiger partial charge on any atom is -0.0842 e. The van der Waals surface area contributed by atoms with Crippen molar-refractivity contribution in [1.82, 2.24) is 0 Å². The molecule has 0 heteroatoms. The Balaban J connectivity index is 1.68. The zero-order chi connectivity index (χ0) is 25.7. The van der Waals surface area contributed by atoms with Gasteiger partial charge in [0.25, 0.3) is 0 Å². The number of hydrogen-bond acceptors (Lipinski definition) is 0. The molecule has 0 heterocycles. The second-order valence-corrected chi connectivity index (χ2v) is 14.4. The van der Waals surface area contributed by atoms with Crippen LogP contribution >= 0.6 is 0 Å². The fourth-order valence-electron chi connectivity index (χ4n) is 9.64. The maximum atomic E-state index is 2.70. The number of fused-ring (bicyclic) bond motifs is 6. The topological polar surface area (TPSA) is 0 Å². The minimum atomic E-state index is 0.125. The fraction of sp³-hybridized carbons (Fsp3) is 0.556. The maximum Gasteiger partial charge on any atom is 0.00208 e. The summed E-state index contributed by atoms with van der Waals surface area (Å²) in [5.41, 5.74) is 10.5. The van der Waals surface area contributed by atoms with Crippen LogP contribution in [-0.2, 0) is 6.42 Å². The van der Waals surface area contributed by atoms with E-state index < -0.39 is 0 Å². The van der Waals surface area contributed by atoms with Crippen molar-refractivity contribution >= 4 is 5.57 Å². The van der Waals surface area contributed by atoms with Crippen LogP contribution in [0, 0.1) is 38.9 Å². The van der Waals surface area contributed by atoms with Gasteiger partial charge >= 0.3 is 0 Å². The highest BCUT2D eigenvalue weighted by molar-refractivity contribution is 5.92. The summed E-state index contributed by atoms with van der Waals surface area (Å²) in [5, 5.41) is 0. The lowest BCUT2D eigenvalue weighted by Gasteiger charge is -2.75. The van der Waals surface area contributed by atoms with Crippen molar-refractivity contribution in [3.8, 4) is 0 Å². The first-order chi connectivity index (χ1) is 16.9. The quantitative estimate of drug-likeness (QED) is 0.405. The van der Waals surface area contributed by atoms with E-state index in [0.717, 1.165) is 6.42 Å². The molecular formula is C36H46. The molecule has 1 aromatic carbocycles. The lowest BCUT2D eigenvalue weighted by Crippen LogP contribution is -2.68. The third kappa shape index (κ3) is 2.67. The molecule has 0 spiro atoms. The van der Waals surface area contributed by atoms with E-state index in [1.54, 1.807) is 16.7 Å². The van der Waals surface area contributed by atoms with Crippen LogP contribution in [0.25, 0.3) is 5.57 Å².